The van der Waals surface area contributed by atoms with E-state index in [0.29, 0.717) is 17.7 Å². The summed E-state index contributed by atoms with van der Waals surface area (Å²) in [4.78, 5) is 3.96. The van der Waals surface area contributed by atoms with E-state index in [9.17, 15) is 8.42 Å². The first-order valence-corrected chi connectivity index (χ1v) is 7.73. The predicted molar refractivity (Wildman–Crippen MR) is 80.1 cm³/mol. The third kappa shape index (κ3) is 4.05. The number of aliphatic hydroxyl groups is 1. The Bertz CT molecular complexity index is 762. The van der Waals surface area contributed by atoms with Crippen molar-refractivity contribution in [3.63, 3.8) is 0 Å². The van der Waals surface area contributed by atoms with Gasteiger partial charge < -0.3 is 5.11 Å². The summed E-state index contributed by atoms with van der Waals surface area (Å²) in [6, 6.07) is 9.72. The van der Waals surface area contributed by atoms with Crippen LogP contribution < -0.4 is 4.72 Å². The molecule has 0 bridgehead atoms. The average Bonchev–Trinajstić information content (AvgIpc) is 2.48. The summed E-state index contributed by atoms with van der Waals surface area (Å²) in [7, 11) is -3.74. The Kier molecular flexibility index (Phi) is 4.93. The molecule has 0 aliphatic heterocycles. The highest BCUT2D eigenvalue weighted by Crippen LogP contribution is 2.18. The van der Waals surface area contributed by atoms with Gasteiger partial charge in [-0.15, -0.1) is 0 Å². The molecule has 0 unspecified atom stereocenters. The number of rotatable bonds is 4. The first-order valence-electron chi connectivity index (χ1n) is 6.25. The fourth-order valence-corrected chi connectivity index (χ4v) is 2.86. The maximum atomic E-state index is 12.4. The second-order valence-corrected chi connectivity index (χ2v) is 5.77. The van der Waals surface area contributed by atoms with Gasteiger partial charge >= 0.3 is 0 Å². The summed E-state index contributed by atoms with van der Waals surface area (Å²) in [5.74, 6) is 5.48. The summed E-state index contributed by atoms with van der Waals surface area (Å²) >= 11 is 0. The third-order valence-electron chi connectivity index (χ3n) is 2.55. The third-order valence-corrected chi connectivity index (χ3v) is 3.99. The summed E-state index contributed by atoms with van der Waals surface area (Å²) in [5, 5.41) is 8.73. The zero-order chi connectivity index (χ0) is 15.1. The quantitative estimate of drug-likeness (QED) is 0.841. The van der Waals surface area contributed by atoms with Crippen LogP contribution in [-0.4, -0.2) is 25.1 Å². The molecule has 108 valence electrons. The van der Waals surface area contributed by atoms with Crippen LogP contribution in [0.4, 0.5) is 5.69 Å². The van der Waals surface area contributed by atoms with E-state index >= 15 is 0 Å². The molecule has 2 rings (SSSR count). The minimum atomic E-state index is -3.74. The van der Waals surface area contributed by atoms with Crippen molar-refractivity contribution in [2.24, 2.45) is 0 Å². The van der Waals surface area contributed by atoms with Crippen LogP contribution >= 0.6 is 0 Å². The van der Waals surface area contributed by atoms with Crippen molar-refractivity contribution in [2.45, 2.75) is 11.3 Å². The first kappa shape index (κ1) is 15.0. The van der Waals surface area contributed by atoms with E-state index in [1.807, 2.05) is 0 Å². The smallest absolute Gasteiger partial charge is 0.263 e. The lowest BCUT2D eigenvalue weighted by atomic mass is 10.2. The van der Waals surface area contributed by atoms with Gasteiger partial charge in [-0.3, -0.25) is 9.71 Å². The molecule has 0 fully saturated rings. The number of sulfonamides is 1. The molecule has 0 radical (unpaired) electrons. The maximum Gasteiger partial charge on any atom is 0.263 e. The van der Waals surface area contributed by atoms with Crippen molar-refractivity contribution in [3.05, 3.63) is 54.4 Å². The Hall–Kier alpha value is -2.36. The van der Waals surface area contributed by atoms with E-state index in [2.05, 4.69) is 21.5 Å². The van der Waals surface area contributed by atoms with Gasteiger partial charge in [0, 0.05) is 18.2 Å². The second kappa shape index (κ2) is 6.88. The molecule has 1 aromatic carbocycles. The van der Waals surface area contributed by atoms with E-state index in [1.165, 1.54) is 12.3 Å². The summed E-state index contributed by atoms with van der Waals surface area (Å²) in [6.07, 6.45) is 3.29. The van der Waals surface area contributed by atoms with Gasteiger partial charge in [-0.1, -0.05) is 24.0 Å². The number of aromatic nitrogens is 1. The lowest BCUT2D eigenvalue weighted by Gasteiger charge is -2.09. The van der Waals surface area contributed by atoms with Gasteiger partial charge in [0.15, 0.2) is 0 Å². The average molecular weight is 302 g/mol. The van der Waals surface area contributed by atoms with Crippen LogP contribution in [0.2, 0.25) is 0 Å². The van der Waals surface area contributed by atoms with Gasteiger partial charge in [-0.05, 0) is 24.3 Å². The molecular formula is C15H14N2O3S. The Morgan fingerprint density at radius 3 is 2.71 bits per heavy atom. The molecule has 21 heavy (non-hydrogen) atoms. The number of nitrogens with one attached hydrogen (secondary N) is 1. The molecule has 0 saturated heterocycles. The van der Waals surface area contributed by atoms with Crippen LogP contribution in [0.1, 0.15) is 12.0 Å². The topological polar surface area (TPSA) is 79.3 Å². The molecule has 0 aliphatic rings. The molecule has 0 atom stereocenters. The number of hydrogen-bond donors (Lipinski definition) is 2. The molecule has 0 spiro atoms. The standard InChI is InChI=1S/C15H14N2O3S/c18-11-4-3-7-13-6-1-2-9-15(13)21(19,20)17-14-8-5-10-16-12-14/h1-2,5-6,8-10,12,17-18H,4,11H2. The van der Waals surface area contributed by atoms with Crippen LogP contribution in [0.3, 0.4) is 0 Å². The van der Waals surface area contributed by atoms with Crippen LogP contribution in [-0.2, 0) is 10.0 Å². The van der Waals surface area contributed by atoms with Gasteiger partial charge in [0.05, 0.1) is 18.5 Å². The summed E-state index contributed by atoms with van der Waals surface area (Å²) < 4.78 is 27.3. The number of aliphatic hydroxyl groups excluding tert-OH is 1. The van der Waals surface area contributed by atoms with Crippen LogP contribution in [0.25, 0.3) is 0 Å². The summed E-state index contributed by atoms with van der Waals surface area (Å²) in [6.45, 7) is -0.0597. The van der Waals surface area contributed by atoms with Gasteiger partial charge in [0.25, 0.3) is 10.0 Å². The molecular weight excluding hydrogens is 288 g/mol. The Balaban J connectivity index is 2.35. The second-order valence-electron chi connectivity index (χ2n) is 4.12. The monoisotopic (exact) mass is 302 g/mol. The van der Waals surface area contributed by atoms with E-state index in [1.54, 1.807) is 36.5 Å². The van der Waals surface area contributed by atoms with Crippen LogP contribution in [0.5, 0.6) is 0 Å². The highest BCUT2D eigenvalue weighted by Gasteiger charge is 2.17. The molecule has 1 heterocycles. The van der Waals surface area contributed by atoms with Crippen molar-refractivity contribution in [3.8, 4) is 11.8 Å². The minimum absolute atomic E-state index is 0.0597. The van der Waals surface area contributed by atoms with Gasteiger partial charge in [-0.2, -0.15) is 0 Å². The Morgan fingerprint density at radius 2 is 2.00 bits per heavy atom. The number of nitrogens with zero attached hydrogens (tertiary/aromatic N) is 1. The largest absolute Gasteiger partial charge is 0.395 e. The van der Waals surface area contributed by atoms with Crippen molar-refractivity contribution in [1.29, 1.82) is 0 Å². The number of benzene rings is 1. The number of pyridine rings is 1. The highest BCUT2D eigenvalue weighted by atomic mass is 32.2. The molecule has 0 amide bonds. The zero-order valence-corrected chi connectivity index (χ0v) is 12.0. The predicted octanol–water partition coefficient (Wildman–Crippen LogP) is 1.62. The number of hydrogen-bond acceptors (Lipinski definition) is 4. The lowest BCUT2D eigenvalue weighted by Crippen LogP contribution is -2.14. The normalized spacial score (nSPS) is 10.5. The van der Waals surface area contributed by atoms with Crippen LogP contribution in [0, 0.1) is 11.8 Å². The Labute approximate surface area is 123 Å². The molecule has 5 nitrogen and oxygen atoms in total. The minimum Gasteiger partial charge on any atom is -0.395 e. The van der Waals surface area contributed by atoms with E-state index < -0.39 is 10.0 Å². The van der Waals surface area contributed by atoms with Crippen LogP contribution in [0.15, 0.2) is 53.7 Å². The van der Waals surface area contributed by atoms with Crippen molar-refractivity contribution >= 4 is 15.7 Å². The van der Waals surface area contributed by atoms with Crippen molar-refractivity contribution < 1.29 is 13.5 Å². The molecule has 0 saturated carbocycles. The van der Waals surface area contributed by atoms with Gasteiger partial charge in [0.1, 0.15) is 4.90 Å². The van der Waals surface area contributed by atoms with Gasteiger partial charge in [0.2, 0.25) is 0 Å². The molecule has 2 N–H and O–H groups in total. The van der Waals surface area contributed by atoms with Gasteiger partial charge in [-0.25, -0.2) is 8.42 Å². The van der Waals surface area contributed by atoms with E-state index in [0.717, 1.165) is 0 Å². The molecule has 0 aliphatic carbocycles. The zero-order valence-electron chi connectivity index (χ0n) is 11.2. The van der Waals surface area contributed by atoms with E-state index in [-0.39, 0.29) is 11.5 Å². The lowest BCUT2D eigenvalue weighted by molar-refractivity contribution is 0.305. The highest BCUT2D eigenvalue weighted by molar-refractivity contribution is 7.92. The maximum absolute atomic E-state index is 12.4. The fourth-order valence-electron chi connectivity index (χ4n) is 1.65. The van der Waals surface area contributed by atoms with E-state index in [4.69, 9.17) is 5.11 Å². The first-order chi connectivity index (χ1) is 10.1. The van der Waals surface area contributed by atoms with Crippen molar-refractivity contribution in [2.75, 3.05) is 11.3 Å². The number of anilines is 1. The molecule has 1 aromatic heterocycles. The Morgan fingerprint density at radius 1 is 1.19 bits per heavy atom. The molecule has 2 aromatic rings. The summed E-state index contributed by atoms with van der Waals surface area (Å²) in [5.41, 5.74) is 0.776. The SMILES string of the molecule is O=S(=O)(Nc1cccnc1)c1ccccc1C#CCCO. The van der Waals surface area contributed by atoms with Crippen molar-refractivity contribution in [1.82, 2.24) is 4.98 Å². The fraction of sp³-hybridized carbons (Fsp3) is 0.133. The molecule has 6 heteroatoms.